The number of amides is 1. The van der Waals surface area contributed by atoms with Crippen molar-refractivity contribution in [2.75, 3.05) is 24.0 Å². The fourth-order valence-electron chi connectivity index (χ4n) is 3.43. The number of halogens is 1. The lowest BCUT2D eigenvalue weighted by Gasteiger charge is -2.35. The summed E-state index contributed by atoms with van der Waals surface area (Å²) in [7, 11) is -3.89. The Morgan fingerprint density at radius 3 is 2.58 bits per heavy atom. The maximum absolute atomic E-state index is 13.4. The summed E-state index contributed by atoms with van der Waals surface area (Å²) in [6.07, 6.45) is -1.01. The van der Waals surface area contributed by atoms with E-state index in [1.165, 1.54) is 16.4 Å². The molecule has 1 heterocycles. The van der Waals surface area contributed by atoms with Crippen molar-refractivity contribution in [1.29, 1.82) is 0 Å². The molecule has 0 aromatic heterocycles. The van der Waals surface area contributed by atoms with Crippen molar-refractivity contribution in [3.05, 3.63) is 83.4 Å². The Kier molecular flexibility index (Phi) is 6.76. The fourth-order valence-corrected chi connectivity index (χ4v) is 5.05. The quantitative estimate of drug-likeness (QED) is 0.513. The van der Waals surface area contributed by atoms with Crippen LogP contribution in [0.25, 0.3) is 0 Å². The van der Waals surface area contributed by atoms with E-state index in [0.717, 1.165) is 5.56 Å². The van der Waals surface area contributed by atoms with Crippen molar-refractivity contribution >= 4 is 33.2 Å². The number of aryl methyl sites for hydroxylation is 1. The van der Waals surface area contributed by atoms with Crippen LogP contribution in [-0.4, -0.2) is 40.1 Å². The van der Waals surface area contributed by atoms with Crippen LogP contribution in [0.15, 0.2) is 77.7 Å². The molecule has 0 fully saturated rings. The van der Waals surface area contributed by atoms with Gasteiger partial charge in [-0.3, -0.25) is 9.10 Å². The topological polar surface area (TPSA) is 84.9 Å². The summed E-state index contributed by atoms with van der Waals surface area (Å²) in [5.74, 6) is 0.546. The molecule has 3 aromatic rings. The zero-order chi connectivity index (χ0) is 23.4. The first-order valence-corrected chi connectivity index (χ1v) is 12.2. The molecule has 33 heavy (non-hydrogen) atoms. The smallest absolute Gasteiger partial charge is 0.264 e. The molecule has 0 radical (unpaired) electrons. The van der Waals surface area contributed by atoms with Crippen molar-refractivity contribution in [3.8, 4) is 11.5 Å². The fraction of sp³-hybridized carbons (Fsp3) is 0.208. The SMILES string of the molecule is Cc1ccc2c(c1)N(S(=O)(=O)c1ccccc1)CC(C(=O)NCCOc1ccc(Cl)cc1)O2. The summed E-state index contributed by atoms with van der Waals surface area (Å²) in [6, 6.07) is 20.3. The number of carbonyl (C=O) groups is 1. The van der Waals surface area contributed by atoms with E-state index < -0.39 is 22.0 Å². The second-order valence-electron chi connectivity index (χ2n) is 7.52. The minimum absolute atomic E-state index is 0.141. The third-order valence-electron chi connectivity index (χ3n) is 5.09. The molecule has 1 aliphatic rings. The summed E-state index contributed by atoms with van der Waals surface area (Å²) in [6.45, 7) is 2.19. The number of carbonyl (C=O) groups excluding carboxylic acids is 1. The molecule has 9 heteroatoms. The molecule has 0 saturated carbocycles. The number of sulfonamides is 1. The maximum Gasteiger partial charge on any atom is 0.264 e. The number of nitrogens with one attached hydrogen (secondary N) is 1. The van der Waals surface area contributed by atoms with Gasteiger partial charge in [-0.15, -0.1) is 0 Å². The van der Waals surface area contributed by atoms with E-state index >= 15 is 0 Å². The van der Waals surface area contributed by atoms with Crippen LogP contribution in [-0.2, 0) is 14.8 Å². The van der Waals surface area contributed by atoms with E-state index in [0.29, 0.717) is 22.2 Å². The number of ether oxygens (including phenoxy) is 2. The third kappa shape index (κ3) is 5.23. The molecule has 1 unspecified atom stereocenters. The van der Waals surface area contributed by atoms with E-state index in [1.807, 2.05) is 13.0 Å². The summed E-state index contributed by atoms with van der Waals surface area (Å²) >= 11 is 5.85. The van der Waals surface area contributed by atoms with E-state index in [1.54, 1.807) is 54.6 Å². The Morgan fingerprint density at radius 2 is 1.85 bits per heavy atom. The van der Waals surface area contributed by atoms with Gasteiger partial charge in [0.25, 0.3) is 15.9 Å². The first-order valence-electron chi connectivity index (χ1n) is 10.4. The highest BCUT2D eigenvalue weighted by Crippen LogP contribution is 2.37. The Labute approximate surface area is 197 Å². The molecule has 7 nitrogen and oxygen atoms in total. The predicted molar refractivity (Wildman–Crippen MR) is 127 cm³/mol. The second-order valence-corrected chi connectivity index (χ2v) is 9.82. The zero-order valence-electron chi connectivity index (χ0n) is 17.9. The third-order valence-corrected chi connectivity index (χ3v) is 7.14. The molecule has 0 bridgehead atoms. The Bertz CT molecular complexity index is 1230. The summed E-state index contributed by atoms with van der Waals surface area (Å²) in [4.78, 5) is 13.0. The van der Waals surface area contributed by atoms with Crippen molar-refractivity contribution in [1.82, 2.24) is 5.32 Å². The van der Waals surface area contributed by atoms with Gasteiger partial charge >= 0.3 is 0 Å². The highest BCUT2D eigenvalue weighted by atomic mass is 35.5. The van der Waals surface area contributed by atoms with E-state index in [-0.39, 0.29) is 24.6 Å². The molecule has 0 saturated heterocycles. The first-order chi connectivity index (χ1) is 15.8. The Balaban J connectivity index is 1.47. The molecule has 1 aliphatic heterocycles. The van der Waals surface area contributed by atoms with Gasteiger partial charge in [-0.1, -0.05) is 35.9 Å². The lowest BCUT2D eigenvalue weighted by atomic mass is 10.1. The van der Waals surface area contributed by atoms with E-state index in [2.05, 4.69) is 5.32 Å². The summed E-state index contributed by atoms with van der Waals surface area (Å²) < 4.78 is 39.4. The average molecular weight is 487 g/mol. The van der Waals surface area contributed by atoms with Gasteiger partial charge in [0.1, 0.15) is 18.1 Å². The van der Waals surface area contributed by atoms with Crippen LogP contribution in [0, 0.1) is 6.92 Å². The van der Waals surface area contributed by atoms with Crippen LogP contribution in [0.3, 0.4) is 0 Å². The van der Waals surface area contributed by atoms with Crippen LogP contribution < -0.4 is 19.1 Å². The van der Waals surface area contributed by atoms with Gasteiger partial charge in [0, 0.05) is 5.02 Å². The van der Waals surface area contributed by atoms with E-state index in [9.17, 15) is 13.2 Å². The van der Waals surface area contributed by atoms with Crippen LogP contribution in [0.2, 0.25) is 5.02 Å². The van der Waals surface area contributed by atoms with Crippen molar-refractivity contribution in [2.24, 2.45) is 0 Å². The number of hydrogen-bond acceptors (Lipinski definition) is 5. The van der Waals surface area contributed by atoms with Gasteiger partial charge in [-0.05, 0) is 61.0 Å². The molecule has 1 N–H and O–H groups in total. The van der Waals surface area contributed by atoms with E-state index in [4.69, 9.17) is 21.1 Å². The number of anilines is 1. The zero-order valence-corrected chi connectivity index (χ0v) is 19.5. The van der Waals surface area contributed by atoms with Gasteiger partial charge in [-0.2, -0.15) is 0 Å². The molecule has 172 valence electrons. The number of hydrogen-bond donors (Lipinski definition) is 1. The van der Waals surface area contributed by atoms with Crippen molar-refractivity contribution in [2.45, 2.75) is 17.9 Å². The van der Waals surface area contributed by atoms with Crippen LogP contribution in [0.4, 0.5) is 5.69 Å². The Hall–Kier alpha value is -3.23. The number of benzene rings is 3. The monoisotopic (exact) mass is 486 g/mol. The van der Waals surface area contributed by atoms with Crippen LogP contribution in [0.1, 0.15) is 5.56 Å². The highest BCUT2D eigenvalue weighted by Gasteiger charge is 2.37. The highest BCUT2D eigenvalue weighted by molar-refractivity contribution is 7.92. The van der Waals surface area contributed by atoms with Crippen LogP contribution in [0.5, 0.6) is 11.5 Å². The molecule has 1 atom stereocenters. The minimum atomic E-state index is -3.89. The number of fused-ring (bicyclic) bond motifs is 1. The summed E-state index contributed by atoms with van der Waals surface area (Å²) in [5.41, 5.74) is 1.29. The molecule has 4 rings (SSSR count). The van der Waals surface area contributed by atoms with Gasteiger partial charge in [0.05, 0.1) is 23.7 Å². The number of rotatable bonds is 7. The molecular weight excluding hydrogens is 464 g/mol. The normalized spacial score (nSPS) is 15.3. The van der Waals surface area contributed by atoms with Gasteiger partial charge in [0.15, 0.2) is 6.10 Å². The van der Waals surface area contributed by atoms with Gasteiger partial charge in [-0.25, -0.2) is 8.42 Å². The second kappa shape index (κ2) is 9.72. The Morgan fingerprint density at radius 1 is 1.12 bits per heavy atom. The van der Waals surface area contributed by atoms with Crippen molar-refractivity contribution < 1.29 is 22.7 Å². The first kappa shape index (κ1) is 22.9. The van der Waals surface area contributed by atoms with Gasteiger partial charge in [0.2, 0.25) is 0 Å². The maximum atomic E-state index is 13.4. The molecule has 3 aromatic carbocycles. The van der Waals surface area contributed by atoms with Crippen molar-refractivity contribution in [3.63, 3.8) is 0 Å². The lowest BCUT2D eigenvalue weighted by Crippen LogP contribution is -2.51. The minimum Gasteiger partial charge on any atom is -0.492 e. The average Bonchev–Trinajstić information content (AvgIpc) is 2.82. The standard InChI is InChI=1S/C24H23ClN2O5S/c1-17-7-12-22-21(15-17)27(33(29,30)20-5-3-2-4-6-20)16-23(32-22)24(28)26-13-14-31-19-10-8-18(25)9-11-19/h2-12,15,23H,13-14,16H2,1H3,(H,26,28). The molecule has 1 amide bonds. The molecule has 0 spiro atoms. The lowest BCUT2D eigenvalue weighted by molar-refractivity contribution is -0.127. The van der Waals surface area contributed by atoms with Gasteiger partial charge < -0.3 is 14.8 Å². The molecular formula is C24H23ClN2O5S. The predicted octanol–water partition coefficient (Wildman–Crippen LogP) is 3.80. The largest absolute Gasteiger partial charge is 0.492 e. The number of nitrogens with zero attached hydrogens (tertiary/aromatic N) is 1. The molecule has 0 aliphatic carbocycles. The van der Waals surface area contributed by atoms with Crippen LogP contribution >= 0.6 is 11.6 Å². The summed E-state index contributed by atoms with van der Waals surface area (Å²) in [5, 5.41) is 3.36.